The van der Waals surface area contributed by atoms with Crippen molar-refractivity contribution in [2.45, 2.75) is 95.7 Å². The second kappa shape index (κ2) is 12.9. The number of likely N-dealkylation sites (tertiary alicyclic amines) is 1. The van der Waals surface area contributed by atoms with Crippen LogP contribution >= 0.6 is 0 Å². The number of piperidine rings is 1. The highest BCUT2D eigenvalue weighted by Gasteiger charge is 2.40. The van der Waals surface area contributed by atoms with Crippen LogP contribution in [-0.2, 0) is 25.6 Å². The zero-order valence-corrected chi connectivity index (χ0v) is 25.8. The minimum atomic E-state index is -1.11. The van der Waals surface area contributed by atoms with Gasteiger partial charge < -0.3 is 35.0 Å². The van der Waals surface area contributed by atoms with E-state index in [2.05, 4.69) is 4.90 Å². The number of aliphatic carboxylic acids is 1. The number of hydrogen-bond donors (Lipinski definition) is 2. The molecule has 13 heteroatoms. The Morgan fingerprint density at radius 2 is 1.70 bits per heavy atom. The van der Waals surface area contributed by atoms with Gasteiger partial charge in [-0.15, -0.1) is 0 Å². The number of piperazine rings is 1. The molecule has 242 valence electrons. The number of carbonyl (C=O) groups is 4. The third-order valence-electron chi connectivity index (χ3n) is 9.10. The van der Waals surface area contributed by atoms with Crippen molar-refractivity contribution in [2.24, 2.45) is 5.73 Å². The molecule has 44 heavy (non-hydrogen) atoms. The lowest BCUT2D eigenvalue weighted by atomic mass is 9.87. The summed E-state index contributed by atoms with van der Waals surface area (Å²) in [5.74, 6) is -2.91. The average Bonchev–Trinajstić information content (AvgIpc) is 3.27. The van der Waals surface area contributed by atoms with Crippen molar-refractivity contribution in [2.75, 3.05) is 44.2 Å². The van der Waals surface area contributed by atoms with E-state index in [1.165, 1.54) is 4.90 Å². The third-order valence-corrected chi connectivity index (χ3v) is 9.10. The lowest BCUT2D eigenvalue weighted by molar-refractivity contribution is -0.137. The first-order chi connectivity index (χ1) is 20.8. The number of fused-ring (bicyclic) bond motifs is 1. The number of benzene rings is 1. The highest BCUT2D eigenvalue weighted by Crippen LogP contribution is 2.35. The summed E-state index contributed by atoms with van der Waals surface area (Å²) in [4.78, 5) is 55.7. The maximum Gasteiger partial charge on any atom is 0.410 e. The highest BCUT2D eigenvalue weighted by molar-refractivity contribution is 6.01. The summed E-state index contributed by atoms with van der Waals surface area (Å²) in [6.07, 6.45) is 3.18. The Bertz CT molecular complexity index is 1260. The van der Waals surface area contributed by atoms with Crippen LogP contribution in [0.3, 0.4) is 0 Å². The molecule has 1 aliphatic carbocycles. The fraction of sp³-hybridized carbons (Fsp3) is 0.677. The summed E-state index contributed by atoms with van der Waals surface area (Å²) < 4.78 is 27.6. The van der Waals surface area contributed by atoms with Crippen LogP contribution in [0.25, 0.3) is 0 Å². The lowest BCUT2D eigenvalue weighted by Gasteiger charge is -2.47. The molecule has 12 nitrogen and oxygen atoms in total. The molecule has 5 rings (SSSR count). The summed E-state index contributed by atoms with van der Waals surface area (Å²) in [6.45, 7) is 9.61. The van der Waals surface area contributed by atoms with E-state index in [0.717, 1.165) is 38.8 Å². The van der Waals surface area contributed by atoms with Crippen molar-refractivity contribution in [3.05, 3.63) is 29.1 Å². The number of carboxylic acids is 1. The SMILES string of the molecule is CC(C)(C)OC(=O)N1CCC(OC2CC(N3CCN(c4ccc5c(c4F)CN(C(CCC(=O)O)C(N)=O)C5=O)CC3)C2)CC1. The Balaban J connectivity index is 1.08. The second-order valence-electron chi connectivity index (χ2n) is 13.3. The number of ether oxygens (including phenoxy) is 2. The van der Waals surface area contributed by atoms with Crippen LogP contribution in [0.4, 0.5) is 14.9 Å². The molecule has 3 heterocycles. The number of primary amides is 1. The standard InChI is InChI=1S/C31H44FN5O7/c1-31(2,3)44-30(42)36-10-8-20(9-11-36)43-21-16-19(17-21)34-12-14-35(15-13-34)24-5-4-22-23(27(24)32)18-37(29(22)41)25(28(33)40)6-7-26(38)39/h4-5,19-21,25H,6-18H2,1-3H3,(H2,33,40)(H,38,39). The van der Waals surface area contributed by atoms with Crippen molar-refractivity contribution in [3.8, 4) is 0 Å². The molecule has 3 aliphatic heterocycles. The largest absolute Gasteiger partial charge is 0.481 e. The Morgan fingerprint density at radius 1 is 1.05 bits per heavy atom. The van der Waals surface area contributed by atoms with E-state index in [1.54, 1.807) is 17.0 Å². The van der Waals surface area contributed by atoms with Gasteiger partial charge in [0.05, 0.1) is 24.4 Å². The van der Waals surface area contributed by atoms with Crippen LogP contribution in [0.5, 0.6) is 0 Å². The summed E-state index contributed by atoms with van der Waals surface area (Å²) >= 11 is 0. The number of nitrogens with zero attached hydrogens (tertiary/aromatic N) is 4. The zero-order valence-electron chi connectivity index (χ0n) is 25.8. The van der Waals surface area contributed by atoms with E-state index in [-0.39, 0.29) is 48.8 Å². The molecule has 2 saturated heterocycles. The van der Waals surface area contributed by atoms with Crippen molar-refractivity contribution in [1.82, 2.24) is 14.7 Å². The van der Waals surface area contributed by atoms with Crippen molar-refractivity contribution in [1.29, 1.82) is 0 Å². The molecule has 3 N–H and O–H groups in total. The molecular formula is C31H44FN5O7. The van der Waals surface area contributed by atoms with Gasteiger partial charge in [0.15, 0.2) is 5.82 Å². The highest BCUT2D eigenvalue weighted by atomic mass is 19.1. The van der Waals surface area contributed by atoms with E-state index < -0.39 is 35.2 Å². The summed E-state index contributed by atoms with van der Waals surface area (Å²) in [6, 6.07) is 2.52. The van der Waals surface area contributed by atoms with Gasteiger partial charge >= 0.3 is 12.1 Å². The van der Waals surface area contributed by atoms with Gasteiger partial charge in [-0.05, 0) is 65.0 Å². The van der Waals surface area contributed by atoms with E-state index in [1.807, 2.05) is 25.7 Å². The molecule has 1 unspecified atom stereocenters. The van der Waals surface area contributed by atoms with E-state index in [0.29, 0.717) is 37.9 Å². The van der Waals surface area contributed by atoms with Crippen LogP contribution in [0.1, 0.15) is 75.2 Å². The fourth-order valence-electron chi connectivity index (χ4n) is 6.62. The molecule has 3 fully saturated rings. The molecule has 0 bridgehead atoms. The van der Waals surface area contributed by atoms with E-state index in [4.69, 9.17) is 20.3 Å². The molecule has 4 aliphatic rings. The van der Waals surface area contributed by atoms with Gasteiger partial charge in [0.2, 0.25) is 5.91 Å². The number of hydrogen-bond acceptors (Lipinski definition) is 8. The molecule has 1 atom stereocenters. The molecular weight excluding hydrogens is 573 g/mol. The topological polar surface area (TPSA) is 146 Å². The quantitative estimate of drug-likeness (QED) is 0.427. The molecule has 1 aromatic rings. The van der Waals surface area contributed by atoms with Gasteiger partial charge in [0.1, 0.15) is 11.6 Å². The molecule has 0 radical (unpaired) electrons. The molecule has 0 aromatic heterocycles. The minimum Gasteiger partial charge on any atom is -0.481 e. The Labute approximate surface area is 257 Å². The summed E-state index contributed by atoms with van der Waals surface area (Å²) in [5.41, 5.74) is 5.79. The van der Waals surface area contributed by atoms with Gasteiger partial charge in [-0.1, -0.05) is 0 Å². The average molecular weight is 618 g/mol. The lowest BCUT2D eigenvalue weighted by Crippen LogP contribution is -2.56. The van der Waals surface area contributed by atoms with Crippen molar-refractivity contribution in [3.63, 3.8) is 0 Å². The van der Waals surface area contributed by atoms with Crippen LogP contribution in [-0.4, -0.2) is 113 Å². The van der Waals surface area contributed by atoms with Gasteiger partial charge in [0, 0.05) is 62.9 Å². The number of amides is 3. The fourth-order valence-corrected chi connectivity index (χ4v) is 6.62. The smallest absolute Gasteiger partial charge is 0.410 e. The Hall–Kier alpha value is -3.45. The minimum absolute atomic E-state index is 0.121. The summed E-state index contributed by atoms with van der Waals surface area (Å²) in [7, 11) is 0. The van der Waals surface area contributed by atoms with Gasteiger partial charge in [-0.25, -0.2) is 9.18 Å². The normalized spacial score (nSPS) is 23.7. The molecule has 3 amide bonds. The van der Waals surface area contributed by atoms with Gasteiger partial charge in [0.25, 0.3) is 5.91 Å². The van der Waals surface area contributed by atoms with Crippen molar-refractivity contribution < 1.29 is 38.1 Å². The van der Waals surface area contributed by atoms with Crippen LogP contribution in [0, 0.1) is 5.82 Å². The van der Waals surface area contributed by atoms with Gasteiger partial charge in [-0.3, -0.25) is 19.3 Å². The predicted octanol–water partition coefficient (Wildman–Crippen LogP) is 2.57. The number of nitrogens with two attached hydrogens (primary N) is 1. The Kier molecular flexibility index (Phi) is 9.36. The monoisotopic (exact) mass is 617 g/mol. The van der Waals surface area contributed by atoms with Crippen LogP contribution in [0.15, 0.2) is 12.1 Å². The maximum absolute atomic E-state index is 15.7. The first-order valence-electron chi connectivity index (χ1n) is 15.6. The van der Waals surface area contributed by atoms with E-state index >= 15 is 4.39 Å². The van der Waals surface area contributed by atoms with Crippen LogP contribution in [0.2, 0.25) is 0 Å². The number of carboxylic acid groups (broad SMARTS) is 1. The Morgan fingerprint density at radius 3 is 2.30 bits per heavy atom. The molecule has 1 aromatic carbocycles. The van der Waals surface area contributed by atoms with Gasteiger partial charge in [-0.2, -0.15) is 0 Å². The maximum atomic E-state index is 15.7. The predicted molar refractivity (Wildman–Crippen MR) is 159 cm³/mol. The van der Waals surface area contributed by atoms with Crippen molar-refractivity contribution >= 4 is 29.6 Å². The third kappa shape index (κ3) is 7.09. The number of rotatable bonds is 9. The number of halogens is 1. The van der Waals surface area contributed by atoms with Crippen LogP contribution < -0.4 is 10.6 Å². The number of anilines is 1. The zero-order chi connectivity index (χ0) is 31.8. The van der Waals surface area contributed by atoms with E-state index in [9.17, 15) is 19.2 Å². The number of carbonyl (C=O) groups excluding carboxylic acids is 3. The second-order valence-corrected chi connectivity index (χ2v) is 13.3. The summed E-state index contributed by atoms with van der Waals surface area (Å²) in [5, 5.41) is 9.01. The first-order valence-corrected chi connectivity index (χ1v) is 15.6. The molecule has 1 saturated carbocycles. The first kappa shape index (κ1) is 32.0. The molecule has 0 spiro atoms.